The summed E-state index contributed by atoms with van der Waals surface area (Å²) >= 11 is 0. The van der Waals surface area contributed by atoms with Gasteiger partial charge in [0, 0.05) is 19.1 Å². The average molecular weight is 476 g/mol. The predicted octanol–water partition coefficient (Wildman–Crippen LogP) is 2.72. The van der Waals surface area contributed by atoms with Crippen molar-refractivity contribution in [1.82, 2.24) is 15.5 Å². The maximum absolute atomic E-state index is 5.36. The minimum atomic E-state index is 0. The molecule has 1 aromatic rings. The van der Waals surface area contributed by atoms with Gasteiger partial charge in [0.2, 0.25) is 0 Å². The number of guanidine groups is 1. The molecule has 6 nitrogen and oxygen atoms in total. The van der Waals surface area contributed by atoms with E-state index >= 15 is 0 Å². The minimum Gasteiger partial charge on any atom is -0.493 e. The maximum Gasteiger partial charge on any atom is 0.191 e. The molecule has 1 unspecified atom stereocenters. The van der Waals surface area contributed by atoms with Gasteiger partial charge in [0.05, 0.1) is 20.8 Å². The van der Waals surface area contributed by atoms with Gasteiger partial charge in [-0.15, -0.1) is 24.0 Å². The SMILES string of the molecule is CCNC(=NCc1ccc(OC)c(OC)c1)NCC(C1CC1)N(C)C.I. The summed E-state index contributed by atoms with van der Waals surface area (Å²) < 4.78 is 10.6. The van der Waals surface area contributed by atoms with Crippen LogP contribution >= 0.6 is 24.0 Å². The molecule has 1 aliphatic carbocycles. The highest BCUT2D eigenvalue weighted by Crippen LogP contribution is 2.34. The summed E-state index contributed by atoms with van der Waals surface area (Å²) in [5, 5.41) is 6.81. The van der Waals surface area contributed by atoms with Crippen LogP contribution in [0.1, 0.15) is 25.3 Å². The zero-order chi connectivity index (χ0) is 18.2. The molecule has 7 heteroatoms. The molecule has 1 aromatic carbocycles. The lowest BCUT2D eigenvalue weighted by Crippen LogP contribution is -2.46. The van der Waals surface area contributed by atoms with Crippen molar-refractivity contribution in [3.8, 4) is 11.5 Å². The Bertz CT molecular complexity index is 575. The van der Waals surface area contributed by atoms with Gasteiger partial charge in [-0.2, -0.15) is 0 Å². The Morgan fingerprint density at radius 1 is 1.19 bits per heavy atom. The van der Waals surface area contributed by atoms with Crippen molar-refractivity contribution in [2.75, 3.05) is 41.4 Å². The van der Waals surface area contributed by atoms with Crippen LogP contribution in [0.15, 0.2) is 23.2 Å². The Balaban J connectivity index is 0.00000338. The summed E-state index contributed by atoms with van der Waals surface area (Å²) in [4.78, 5) is 7.01. The number of rotatable bonds is 9. The standard InChI is InChI=1S/C19H32N4O2.HI/c1-6-20-19(22-13-16(23(2)3)15-8-9-15)21-12-14-7-10-17(24-4)18(11-14)25-5;/h7,10-11,15-16H,6,8-9,12-13H2,1-5H3,(H2,20,21,22);1H. The molecule has 1 fully saturated rings. The third-order valence-corrected chi connectivity index (χ3v) is 4.52. The number of likely N-dealkylation sites (N-methyl/N-ethyl adjacent to an activating group) is 1. The third kappa shape index (κ3) is 6.83. The lowest BCUT2D eigenvalue weighted by atomic mass is 10.1. The van der Waals surface area contributed by atoms with E-state index in [0.717, 1.165) is 42.0 Å². The molecular formula is C19H33IN4O2. The summed E-state index contributed by atoms with van der Waals surface area (Å²) in [6.45, 7) is 4.42. The molecule has 0 saturated heterocycles. The van der Waals surface area contributed by atoms with Gasteiger partial charge >= 0.3 is 0 Å². The zero-order valence-electron chi connectivity index (χ0n) is 16.5. The van der Waals surface area contributed by atoms with E-state index in [1.54, 1.807) is 14.2 Å². The number of hydrogen-bond acceptors (Lipinski definition) is 4. The quantitative estimate of drug-likeness (QED) is 0.326. The van der Waals surface area contributed by atoms with Crippen molar-refractivity contribution in [1.29, 1.82) is 0 Å². The van der Waals surface area contributed by atoms with E-state index in [4.69, 9.17) is 14.5 Å². The molecule has 26 heavy (non-hydrogen) atoms. The van der Waals surface area contributed by atoms with Crippen molar-refractivity contribution in [2.24, 2.45) is 10.9 Å². The molecule has 0 aliphatic heterocycles. The fourth-order valence-electron chi connectivity index (χ4n) is 2.94. The maximum atomic E-state index is 5.36. The van der Waals surface area contributed by atoms with Gasteiger partial charge in [-0.3, -0.25) is 0 Å². The van der Waals surface area contributed by atoms with Crippen LogP contribution < -0.4 is 20.1 Å². The summed E-state index contributed by atoms with van der Waals surface area (Å²) in [5.74, 6) is 3.13. The first kappa shape index (κ1) is 22.8. The molecule has 0 amide bonds. The molecule has 1 aliphatic rings. The molecule has 0 heterocycles. The molecule has 2 rings (SSSR count). The number of benzene rings is 1. The van der Waals surface area contributed by atoms with Crippen LogP contribution in [0.4, 0.5) is 0 Å². The number of aliphatic imine (C=N–C) groups is 1. The van der Waals surface area contributed by atoms with Gasteiger partial charge in [-0.25, -0.2) is 4.99 Å². The molecule has 148 valence electrons. The zero-order valence-corrected chi connectivity index (χ0v) is 18.9. The molecule has 1 atom stereocenters. The van der Waals surface area contributed by atoms with E-state index < -0.39 is 0 Å². The Kier molecular flexibility index (Phi) is 10.1. The van der Waals surface area contributed by atoms with Gasteiger partial charge < -0.3 is 25.0 Å². The van der Waals surface area contributed by atoms with Gasteiger partial charge in [-0.05, 0) is 57.5 Å². The van der Waals surface area contributed by atoms with Crippen molar-refractivity contribution < 1.29 is 9.47 Å². The number of halogens is 1. The number of nitrogens with zero attached hydrogens (tertiary/aromatic N) is 2. The van der Waals surface area contributed by atoms with E-state index in [9.17, 15) is 0 Å². The lowest BCUT2D eigenvalue weighted by Gasteiger charge is -2.25. The first-order valence-corrected chi connectivity index (χ1v) is 8.98. The fourth-order valence-corrected chi connectivity index (χ4v) is 2.94. The van der Waals surface area contributed by atoms with Gasteiger partial charge in [0.1, 0.15) is 0 Å². The molecule has 2 N–H and O–H groups in total. The normalized spacial score (nSPS) is 15.2. The van der Waals surface area contributed by atoms with Crippen LogP contribution in [0.25, 0.3) is 0 Å². The Hall–Kier alpha value is -1.22. The second-order valence-electron chi connectivity index (χ2n) is 6.63. The lowest BCUT2D eigenvalue weighted by molar-refractivity contribution is 0.264. The van der Waals surface area contributed by atoms with Gasteiger partial charge in [0.25, 0.3) is 0 Å². The Labute approximate surface area is 174 Å². The largest absolute Gasteiger partial charge is 0.493 e. The first-order chi connectivity index (χ1) is 12.1. The summed E-state index contributed by atoms with van der Waals surface area (Å²) in [6, 6.07) is 6.46. The highest BCUT2D eigenvalue weighted by Gasteiger charge is 2.32. The van der Waals surface area contributed by atoms with Crippen LogP contribution in [-0.4, -0.2) is 58.3 Å². The van der Waals surface area contributed by atoms with Gasteiger partial charge in [-0.1, -0.05) is 6.07 Å². The third-order valence-electron chi connectivity index (χ3n) is 4.52. The average Bonchev–Trinajstić information content (AvgIpc) is 3.44. The van der Waals surface area contributed by atoms with Crippen molar-refractivity contribution >= 4 is 29.9 Å². The Morgan fingerprint density at radius 2 is 1.88 bits per heavy atom. The molecule has 0 spiro atoms. The van der Waals surface area contributed by atoms with Crippen LogP contribution in [0.5, 0.6) is 11.5 Å². The van der Waals surface area contributed by atoms with Crippen molar-refractivity contribution in [3.05, 3.63) is 23.8 Å². The van der Waals surface area contributed by atoms with Crippen molar-refractivity contribution in [2.45, 2.75) is 32.4 Å². The van der Waals surface area contributed by atoms with Crippen LogP contribution in [0, 0.1) is 5.92 Å². The number of ether oxygens (including phenoxy) is 2. The van der Waals surface area contributed by atoms with Crippen LogP contribution in [-0.2, 0) is 6.54 Å². The van der Waals surface area contributed by atoms with Crippen molar-refractivity contribution in [3.63, 3.8) is 0 Å². The first-order valence-electron chi connectivity index (χ1n) is 8.98. The second kappa shape index (κ2) is 11.5. The van der Waals surface area contributed by atoms with E-state index in [1.807, 2.05) is 18.2 Å². The molecular weight excluding hydrogens is 443 g/mol. The fraction of sp³-hybridized carbons (Fsp3) is 0.632. The minimum absolute atomic E-state index is 0. The molecule has 0 bridgehead atoms. The predicted molar refractivity (Wildman–Crippen MR) is 118 cm³/mol. The van der Waals surface area contributed by atoms with Crippen LogP contribution in [0.2, 0.25) is 0 Å². The topological polar surface area (TPSA) is 58.1 Å². The van der Waals surface area contributed by atoms with Gasteiger partial charge in [0.15, 0.2) is 17.5 Å². The molecule has 0 aromatic heterocycles. The number of nitrogens with one attached hydrogen (secondary N) is 2. The molecule has 0 radical (unpaired) electrons. The van der Waals surface area contributed by atoms with E-state index in [1.165, 1.54) is 12.8 Å². The molecule has 1 saturated carbocycles. The number of methoxy groups -OCH3 is 2. The highest BCUT2D eigenvalue weighted by atomic mass is 127. The smallest absolute Gasteiger partial charge is 0.191 e. The number of hydrogen-bond donors (Lipinski definition) is 2. The van der Waals surface area contributed by atoms with E-state index in [-0.39, 0.29) is 24.0 Å². The van der Waals surface area contributed by atoms with E-state index in [0.29, 0.717) is 12.6 Å². The summed E-state index contributed by atoms with van der Waals surface area (Å²) in [5.41, 5.74) is 1.08. The summed E-state index contributed by atoms with van der Waals surface area (Å²) in [7, 11) is 7.59. The second-order valence-corrected chi connectivity index (χ2v) is 6.63. The van der Waals surface area contributed by atoms with E-state index in [2.05, 4.69) is 36.6 Å². The summed E-state index contributed by atoms with van der Waals surface area (Å²) in [6.07, 6.45) is 2.67. The van der Waals surface area contributed by atoms with Crippen LogP contribution in [0.3, 0.4) is 0 Å². The Morgan fingerprint density at radius 3 is 2.42 bits per heavy atom. The highest BCUT2D eigenvalue weighted by molar-refractivity contribution is 14.0. The monoisotopic (exact) mass is 476 g/mol.